The van der Waals surface area contributed by atoms with Gasteiger partial charge in [-0.05, 0) is 25.0 Å². The Morgan fingerprint density at radius 2 is 1.84 bits per heavy atom. The van der Waals surface area contributed by atoms with Crippen molar-refractivity contribution in [1.82, 2.24) is 10.6 Å². The number of amides is 1. The van der Waals surface area contributed by atoms with E-state index in [0.29, 0.717) is 11.3 Å². The number of ether oxygens (including phenoxy) is 2. The second-order valence-corrected chi connectivity index (χ2v) is 5.14. The molecule has 0 radical (unpaired) electrons. The lowest BCUT2D eigenvalue weighted by Gasteiger charge is -2.34. The van der Waals surface area contributed by atoms with Crippen LogP contribution in [0.15, 0.2) is 24.3 Å². The van der Waals surface area contributed by atoms with Gasteiger partial charge in [0.25, 0.3) is 5.66 Å². The van der Waals surface area contributed by atoms with E-state index >= 15 is 0 Å². The Morgan fingerprint density at radius 1 is 1.20 bits per heavy atom. The first-order valence-electron chi connectivity index (χ1n) is 7.57. The molecule has 1 unspecified atom stereocenters. The maximum atomic E-state index is 13.6. The molecule has 0 bridgehead atoms. The van der Waals surface area contributed by atoms with Crippen LogP contribution in [0.5, 0.6) is 5.75 Å². The summed E-state index contributed by atoms with van der Waals surface area (Å²) in [7, 11) is 1.45. The number of hydrogen-bond acceptors (Lipinski definition) is 5. The summed E-state index contributed by atoms with van der Waals surface area (Å²) in [5.41, 5.74) is -2.66. The van der Waals surface area contributed by atoms with Crippen molar-refractivity contribution in [3.63, 3.8) is 0 Å². The normalized spacial score (nSPS) is 13.7. The number of methoxy groups -OCH3 is 1. The van der Waals surface area contributed by atoms with Gasteiger partial charge in [0.1, 0.15) is 5.75 Å². The average Bonchev–Trinajstić information content (AvgIpc) is 2.53. The number of halogens is 3. The predicted molar refractivity (Wildman–Crippen MR) is 83.9 cm³/mol. The second-order valence-electron chi connectivity index (χ2n) is 5.14. The van der Waals surface area contributed by atoms with E-state index in [1.54, 1.807) is 29.6 Å². The highest BCUT2D eigenvalue weighted by molar-refractivity contribution is 5.87. The van der Waals surface area contributed by atoms with Crippen LogP contribution in [0.1, 0.15) is 19.4 Å². The number of para-hydroxylation sites is 1. The number of rotatable bonds is 8. The van der Waals surface area contributed by atoms with Crippen LogP contribution in [0.4, 0.5) is 13.2 Å². The topological polar surface area (TPSA) is 76.7 Å². The van der Waals surface area contributed by atoms with Crippen molar-refractivity contribution in [3.8, 4) is 5.75 Å². The lowest BCUT2D eigenvalue weighted by molar-refractivity contribution is -0.221. The van der Waals surface area contributed by atoms with Gasteiger partial charge in [-0.25, -0.2) is 4.79 Å². The van der Waals surface area contributed by atoms with Crippen molar-refractivity contribution in [2.24, 2.45) is 0 Å². The minimum absolute atomic E-state index is 0.140. The molecule has 0 saturated carbocycles. The summed E-state index contributed by atoms with van der Waals surface area (Å²) >= 11 is 0. The number of alkyl halides is 3. The molecule has 0 spiro atoms. The molecular weight excluding hydrogens is 341 g/mol. The first-order chi connectivity index (χ1) is 11.7. The highest BCUT2D eigenvalue weighted by atomic mass is 19.4. The van der Waals surface area contributed by atoms with Gasteiger partial charge in [0.15, 0.2) is 0 Å². The van der Waals surface area contributed by atoms with Gasteiger partial charge in [-0.3, -0.25) is 10.1 Å². The van der Waals surface area contributed by atoms with Crippen molar-refractivity contribution in [2.75, 3.05) is 20.3 Å². The lowest BCUT2D eigenvalue weighted by Crippen LogP contribution is -2.72. The Hall–Kier alpha value is -2.29. The number of carbonyl (C=O) groups is 2. The van der Waals surface area contributed by atoms with Gasteiger partial charge in [0.05, 0.1) is 13.7 Å². The molecule has 0 aliphatic carbocycles. The van der Waals surface area contributed by atoms with E-state index < -0.39 is 23.7 Å². The second kappa shape index (κ2) is 8.70. The summed E-state index contributed by atoms with van der Waals surface area (Å²) in [4.78, 5) is 23.2. The quantitative estimate of drug-likeness (QED) is 0.545. The van der Waals surface area contributed by atoms with E-state index in [4.69, 9.17) is 4.74 Å². The molecule has 1 aromatic rings. The Balaban J connectivity index is 3.03. The van der Waals surface area contributed by atoms with Crippen molar-refractivity contribution in [2.45, 2.75) is 32.1 Å². The molecule has 0 aliphatic rings. The van der Waals surface area contributed by atoms with E-state index in [0.717, 1.165) is 6.92 Å². The highest BCUT2D eigenvalue weighted by Crippen LogP contribution is 2.30. The smallest absolute Gasteiger partial charge is 0.436 e. The van der Waals surface area contributed by atoms with Crippen LogP contribution in [0.2, 0.25) is 0 Å². The fourth-order valence-corrected chi connectivity index (χ4v) is 2.25. The number of nitrogens with one attached hydrogen (secondary N) is 2. The molecule has 0 aliphatic heterocycles. The van der Waals surface area contributed by atoms with Gasteiger partial charge in [-0.2, -0.15) is 13.2 Å². The molecule has 1 rings (SSSR count). The molecule has 6 nitrogen and oxygen atoms in total. The molecule has 1 amide bonds. The highest BCUT2D eigenvalue weighted by Gasteiger charge is 2.62. The lowest BCUT2D eigenvalue weighted by atomic mass is 10.1. The first kappa shape index (κ1) is 20.8. The third kappa shape index (κ3) is 5.09. The van der Waals surface area contributed by atoms with Gasteiger partial charge >= 0.3 is 12.1 Å². The monoisotopic (exact) mass is 362 g/mol. The van der Waals surface area contributed by atoms with E-state index in [-0.39, 0.29) is 19.6 Å². The standard InChI is InChI=1S/C16H21F3N2O4/c1-4-25-14(23)15(16(17,18)19,21-11(2)22)20-10-9-12-7-5-6-8-13(12)24-3/h5-8,20H,4,9-10H2,1-3H3,(H,21,22). The zero-order chi connectivity index (χ0) is 19.1. The van der Waals surface area contributed by atoms with E-state index in [9.17, 15) is 22.8 Å². The van der Waals surface area contributed by atoms with Crippen LogP contribution < -0.4 is 15.4 Å². The molecule has 0 aromatic heterocycles. The summed E-state index contributed by atoms with van der Waals surface area (Å²) in [5.74, 6) is -2.12. The summed E-state index contributed by atoms with van der Waals surface area (Å²) in [6.07, 6.45) is -4.95. The summed E-state index contributed by atoms with van der Waals surface area (Å²) < 4.78 is 50.4. The fraction of sp³-hybridized carbons (Fsp3) is 0.500. The van der Waals surface area contributed by atoms with Gasteiger partial charge in [-0.1, -0.05) is 18.2 Å². The van der Waals surface area contributed by atoms with Crippen molar-refractivity contribution >= 4 is 11.9 Å². The number of benzene rings is 1. The Kier molecular flexibility index (Phi) is 7.22. The molecular formula is C16H21F3N2O4. The zero-order valence-electron chi connectivity index (χ0n) is 14.2. The summed E-state index contributed by atoms with van der Waals surface area (Å²) in [6, 6.07) is 6.81. The van der Waals surface area contributed by atoms with Gasteiger partial charge in [-0.15, -0.1) is 0 Å². The third-order valence-electron chi connectivity index (χ3n) is 3.35. The molecule has 1 atom stereocenters. The van der Waals surface area contributed by atoms with E-state index in [1.807, 2.05) is 0 Å². The largest absolute Gasteiger partial charge is 0.496 e. The predicted octanol–water partition coefficient (Wildman–Crippen LogP) is 1.79. The molecule has 140 valence electrons. The molecule has 0 fully saturated rings. The molecule has 9 heteroatoms. The number of esters is 1. The first-order valence-corrected chi connectivity index (χ1v) is 7.57. The van der Waals surface area contributed by atoms with Crippen molar-refractivity contribution < 1.29 is 32.2 Å². The third-order valence-corrected chi connectivity index (χ3v) is 3.35. The SMILES string of the molecule is CCOC(=O)C(NCCc1ccccc1OC)(NC(C)=O)C(F)(F)F. The van der Waals surface area contributed by atoms with Crippen molar-refractivity contribution in [1.29, 1.82) is 0 Å². The van der Waals surface area contributed by atoms with Gasteiger partial charge in [0.2, 0.25) is 5.91 Å². The Morgan fingerprint density at radius 3 is 2.36 bits per heavy atom. The number of carbonyl (C=O) groups excluding carboxylic acids is 2. The van der Waals surface area contributed by atoms with Crippen molar-refractivity contribution in [3.05, 3.63) is 29.8 Å². The fourth-order valence-electron chi connectivity index (χ4n) is 2.25. The van der Waals surface area contributed by atoms with Crippen LogP contribution in [0.3, 0.4) is 0 Å². The number of hydrogen-bond donors (Lipinski definition) is 2. The molecule has 2 N–H and O–H groups in total. The zero-order valence-corrected chi connectivity index (χ0v) is 14.2. The van der Waals surface area contributed by atoms with Crippen LogP contribution in [0, 0.1) is 0 Å². The summed E-state index contributed by atoms with van der Waals surface area (Å²) in [5, 5.41) is 3.75. The van der Waals surface area contributed by atoms with Crippen LogP contribution in [0.25, 0.3) is 0 Å². The molecule has 0 heterocycles. The Labute approximate surface area is 143 Å². The minimum atomic E-state index is -5.09. The maximum absolute atomic E-state index is 13.6. The molecule has 0 saturated heterocycles. The van der Waals surface area contributed by atoms with E-state index in [2.05, 4.69) is 10.1 Å². The van der Waals surface area contributed by atoms with Crippen LogP contribution in [-0.2, 0) is 20.7 Å². The van der Waals surface area contributed by atoms with Gasteiger partial charge < -0.3 is 14.8 Å². The summed E-state index contributed by atoms with van der Waals surface area (Å²) in [6.45, 7) is 1.76. The van der Waals surface area contributed by atoms with Gasteiger partial charge in [0, 0.05) is 13.5 Å². The minimum Gasteiger partial charge on any atom is -0.496 e. The van der Waals surface area contributed by atoms with E-state index in [1.165, 1.54) is 14.0 Å². The van der Waals surface area contributed by atoms with Crippen LogP contribution in [-0.4, -0.2) is 44.0 Å². The van der Waals surface area contributed by atoms with Crippen LogP contribution >= 0.6 is 0 Å². The molecule has 1 aromatic carbocycles. The maximum Gasteiger partial charge on any atom is 0.436 e. The molecule has 25 heavy (non-hydrogen) atoms. The average molecular weight is 362 g/mol. The Bertz CT molecular complexity index is 607.